The van der Waals surface area contributed by atoms with Crippen molar-refractivity contribution in [3.63, 3.8) is 0 Å². The van der Waals surface area contributed by atoms with Gasteiger partial charge in [-0.25, -0.2) is 0 Å². The highest BCUT2D eigenvalue weighted by Gasteiger charge is 2.34. The lowest BCUT2D eigenvalue weighted by atomic mass is 9.82. The van der Waals surface area contributed by atoms with E-state index >= 15 is 0 Å². The standard InChI is InChI=1S/C13H21N3O2/c1-9-11(10(2)18-16-9)7-15-12(17)13(3)5-4-6-14-8-13/h14H,4-8H2,1-3H3,(H,15,17). The number of nitrogens with one attached hydrogen (secondary N) is 2. The van der Waals surface area contributed by atoms with Gasteiger partial charge < -0.3 is 15.2 Å². The summed E-state index contributed by atoms with van der Waals surface area (Å²) in [6.07, 6.45) is 1.99. The van der Waals surface area contributed by atoms with E-state index in [4.69, 9.17) is 4.52 Å². The Morgan fingerprint density at radius 3 is 2.89 bits per heavy atom. The van der Waals surface area contributed by atoms with Gasteiger partial charge in [-0.2, -0.15) is 0 Å². The molecule has 0 saturated carbocycles. The van der Waals surface area contributed by atoms with Crippen LogP contribution in [0.25, 0.3) is 0 Å². The quantitative estimate of drug-likeness (QED) is 0.849. The molecule has 1 amide bonds. The van der Waals surface area contributed by atoms with Gasteiger partial charge in [0.15, 0.2) is 0 Å². The van der Waals surface area contributed by atoms with Gasteiger partial charge in [0, 0.05) is 18.7 Å². The van der Waals surface area contributed by atoms with Crippen LogP contribution < -0.4 is 10.6 Å². The Labute approximate surface area is 107 Å². The van der Waals surface area contributed by atoms with Gasteiger partial charge in [0.1, 0.15) is 5.76 Å². The van der Waals surface area contributed by atoms with Crippen LogP contribution in [0.3, 0.4) is 0 Å². The van der Waals surface area contributed by atoms with E-state index in [9.17, 15) is 4.79 Å². The first kappa shape index (κ1) is 13.1. The topological polar surface area (TPSA) is 67.2 Å². The van der Waals surface area contributed by atoms with Crippen LogP contribution in [-0.4, -0.2) is 24.2 Å². The molecule has 5 heteroatoms. The molecule has 2 rings (SSSR count). The minimum absolute atomic E-state index is 0.106. The van der Waals surface area contributed by atoms with Crippen LogP contribution in [0, 0.1) is 19.3 Å². The Hall–Kier alpha value is -1.36. The van der Waals surface area contributed by atoms with Crippen LogP contribution in [0.1, 0.15) is 36.8 Å². The van der Waals surface area contributed by atoms with E-state index in [1.165, 1.54) is 0 Å². The number of rotatable bonds is 3. The van der Waals surface area contributed by atoms with Crippen LogP contribution in [0.5, 0.6) is 0 Å². The molecule has 18 heavy (non-hydrogen) atoms. The molecule has 2 N–H and O–H groups in total. The van der Waals surface area contributed by atoms with E-state index in [2.05, 4.69) is 15.8 Å². The van der Waals surface area contributed by atoms with Crippen molar-refractivity contribution >= 4 is 5.91 Å². The van der Waals surface area contributed by atoms with Crippen LogP contribution in [0.2, 0.25) is 0 Å². The number of piperidine rings is 1. The van der Waals surface area contributed by atoms with Crippen molar-refractivity contribution in [2.45, 2.75) is 40.2 Å². The number of hydrogen-bond donors (Lipinski definition) is 2. The van der Waals surface area contributed by atoms with Crippen molar-refractivity contribution in [3.8, 4) is 0 Å². The maximum Gasteiger partial charge on any atom is 0.227 e. The minimum Gasteiger partial charge on any atom is -0.361 e. The number of aromatic nitrogens is 1. The molecule has 0 aliphatic carbocycles. The van der Waals surface area contributed by atoms with Crippen LogP contribution in [0.15, 0.2) is 4.52 Å². The predicted octanol–water partition coefficient (Wildman–Crippen LogP) is 1.30. The molecular formula is C13H21N3O2. The van der Waals surface area contributed by atoms with E-state index in [1.807, 2.05) is 20.8 Å². The second-order valence-corrected chi connectivity index (χ2v) is 5.33. The van der Waals surface area contributed by atoms with E-state index in [1.54, 1.807) is 0 Å². The SMILES string of the molecule is Cc1noc(C)c1CNC(=O)C1(C)CCCNC1. The minimum atomic E-state index is -0.294. The van der Waals surface area contributed by atoms with Crippen molar-refractivity contribution in [2.75, 3.05) is 13.1 Å². The van der Waals surface area contributed by atoms with Gasteiger partial charge in [-0.3, -0.25) is 4.79 Å². The molecule has 1 atom stereocenters. The second-order valence-electron chi connectivity index (χ2n) is 5.33. The van der Waals surface area contributed by atoms with Gasteiger partial charge in [-0.05, 0) is 40.2 Å². The lowest BCUT2D eigenvalue weighted by Crippen LogP contribution is -2.48. The molecule has 0 spiro atoms. The monoisotopic (exact) mass is 251 g/mol. The fraction of sp³-hybridized carbons (Fsp3) is 0.692. The average molecular weight is 251 g/mol. The Balaban J connectivity index is 1.96. The summed E-state index contributed by atoms with van der Waals surface area (Å²) in [6.45, 7) is 8.03. The number of aryl methyl sites for hydroxylation is 2. The molecule has 1 aliphatic heterocycles. The lowest BCUT2D eigenvalue weighted by molar-refractivity contribution is -0.131. The third-order valence-corrected chi connectivity index (χ3v) is 3.75. The molecule has 1 aromatic rings. The van der Waals surface area contributed by atoms with Gasteiger partial charge in [0.2, 0.25) is 5.91 Å². The van der Waals surface area contributed by atoms with E-state index in [-0.39, 0.29) is 11.3 Å². The summed E-state index contributed by atoms with van der Waals surface area (Å²) in [7, 11) is 0. The van der Waals surface area contributed by atoms with E-state index in [0.717, 1.165) is 42.9 Å². The zero-order valence-electron chi connectivity index (χ0n) is 11.3. The Bertz CT molecular complexity index is 414. The Kier molecular flexibility index (Phi) is 3.71. The molecule has 0 aromatic carbocycles. The molecule has 1 saturated heterocycles. The number of nitrogens with zero attached hydrogens (tertiary/aromatic N) is 1. The largest absolute Gasteiger partial charge is 0.361 e. The summed E-state index contributed by atoms with van der Waals surface area (Å²) in [5.41, 5.74) is 1.53. The molecule has 0 bridgehead atoms. The summed E-state index contributed by atoms with van der Waals surface area (Å²) in [5, 5.41) is 10.2. The average Bonchev–Trinajstić information content (AvgIpc) is 2.67. The van der Waals surface area contributed by atoms with E-state index in [0.29, 0.717) is 6.54 Å². The molecule has 0 radical (unpaired) electrons. The first-order valence-electron chi connectivity index (χ1n) is 6.44. The van der Waals surface area contributed by atoms with Crippen molar-refractivity contribution in [1.82, 2.24) is 15.8 Å². The van der Waals surface area contributed by atoms with Crippen molar-refractivity contribution in [2.24, 2.45) is 5.41 Å². The number of hydrogen-bond acceptors (Lipinski definition) is 4. The lowest BCUT2D eigenvalue weighted by Gasteiger charge is -2.32. The second kappa shape index (κ2) is 5.10. The van der Waals surface area contributed by atoms with E-state index < -0.39 is 0 Å². The molecule has 1 aliphatic rings. The van der Waals surface area contributed by atoms with Crippen LogP contribution in [0.4, 0.5) is 0 Å². The summed E-state index contributed by atoms with van der Waals surface area (Å²) in [6, 6.07) is 0. The fourth-order valence-corrected chi connectivity index (χ4v) is 2.39. The van der Waals surface area contributed by atoms with Gasteiger partial charge in [0.25, 0.3) is 0 Å². The third-order valence-electron chi connectivity index (χ3n) is 3.75. The van der Waals surface area contributed by atoms with Crippen molar-refractivity contribution < 1.29 is 9.32 Å². The summed E-state index contributed by atoms with van der Waals surface area (Å²) in [5.74, 6) is 0.884. The molecule has 1 fully saturated rings. The maximum absolute atomic E-state index is 12.2. The number of carbonyl (C=O) groups is 1. The van der Waals surface area contributed by atoms with Gasteiger partial charge in [-0.15, -0.1) is 0 Å². The summed E-state index contributed by atoms with van der Waals surface area (Å²) < 4.78 is 5.08. The Morgan fingerprint density at radius 2 is 2.33 bits per heavy atom. The zero-order valence-corrected chi connectivity index (χ0v) is 11.3. The summed E-state index contributed by atoms with van der Waals surface area (Å²) >= 11 is 0. The highest BCUT2D eigenvalue weighted by Crippen LogP contribution is 2.25. The normalized spacial score (nSPS) is 23.9. The molecule has 2 heterocycles. The summed E-state index contributed by atoms with van der Waals surface area (Å²) in [4.78, 5) is 12.2. The highest BCUT2D eigenvalue weighted by atomic mass is 16.5. The third kappa shape index (κ3) is 2.56. The number of carbonyl (C=O) groups excluding carboxylic acids is 1. The molecule has 1 aromatic heterocycles. The smallest absolute Gasteiger partial charge is 0.227 e. The van der Waals surface area contributed by atoms with Crippen LogP contribution >= 0.6 is 0 Å². The maximum atomic E-state index is 12.2. The van der Waals surface area contributed by atoms with Crippen LogP contribution in [-0.2, 0) is 11.3 Å². The highest BCUT2D eigenvalue weighted by molar-refractivity contribution is 5.82. The number of amides is 1. The first-order valence-corrected chi connectivity index (χ1v) is 6.44. The molecule has 5 nitrogen and oxygen atoms in total. The first-order chi connectivity index (χ1) is 8.53. The predicted molar refractivity (Wildman–Crippen MR) is 68.0 cm³/mol. The zero-order chi connectivity index (χ0) is 13.2. The van der Waals surface area contributed by atoms with Crippen molar-refractivity contribution in [1.29, 1.82) is 0 Å². The molecule has 1 unspecified atom stereocenters. The Morgan fingerprint density at radius 1 is 1.56 bits per heavy atom. The fourth-order valence-electron chi connectivity index (χ4n) is 2.39. The van der Waals surface area contributed by atoms with Crippen molar-refractivity contribution in [3.05, 3.63) is 17.0 Å². The molecule has 100 valence electrons. The van der Waals surface area contributed by atoms with Gasteiger partial charge >= 0.3 is 0 Å². The van der Waals surface area contributed by atoms with Gasteiger partial charge in [-0.1, -0.05) is 5.16 Å². The van der Waals surface area contributed by atoms with Gasteiger partial charge in [0.05, 0.1) is 11.1 Å². The molecular weight excluding hydrogens is 230 g/mol.